The summed E-state index contributed by atoms with van der Waals surface area (Å²) in [5.41, 5.74) is 0.651. The first kappa shape index (κ1) is 7.44. The maximum Gasteiger partial charge on any atom is 0.248 e. The van der Waals surface area contributed by atoms with Crippen molar-refractivity contribution in [2.75, 3.05) is 6.79 Å². The summed E-state index contributed by atoms with van der Waals surface area (Å²) >= 11 is 0. The number of benzene rings is 1. The maximum atomic E-state index is 11.1. The van der Waals surface area contributed by atoms with E-state index in [-0.39, 0.29) is 12.4 Å². The Morgan fingerprint density at radius 3 is 2.79 bits per heavy atom. The van der Waals surface area contributed by atoms with Gasteiger partial charge in [0.15, 0.2) is 11.5 Å². The highest BCUT2D eigenvalue weighted by atomic mass is 16.7. The Labute approximate surface area is 79.1 Å². The van der Waals surface area contributed by atoms with E-state index in [1.165, 1.54) is 6.07 Å². The third-order valence-electron chi connectivity index (χ3n) is 2.22. The molecule has 0 atom stereocenters. The minimum absolute atomic E-state index is 0.114. The van der Waals surface area contributed by atoms with Crippen LogP contribution in [0.3, 0.4) is 0 Å². The van der Waals surface area contributed by atoms with Gasteiger partial charge in [0.2, 0.25) is 12.4 Å². The molecule has 1 aromatic carbocycles. The molecule has 0 saturated heterocycles. The molecule has 2 heterocycles. The van der Waals surface area contributed by atoms with Gasteiger partial charge in [0, 0.05) is 17.5 Å². The van der Waals surface area contributed by atoms with Gasteiger partial charge in [-0.05, 0) is 12.1 Å². The number of pyridine rings is 1. The van der Waals surface area contributed by atoms with E-state index < -0.39 is 0 Å². The van der Waals surface area contributed by atoms with Crippen molar-refractivity contribution in [1.82, 2.24) is 4.98 Å². The van der Waals surface area contributed by atoms with Crippen molar-refractivity contribution in [3.05, 3.63) is 34.6 Å². The first-order chi connectivity index (χ1) is 6.83. The molecule has 4 heteroatoms. The van der Waals surface area contributed by atoms with Crippen LogP contribution >= 0.6 is 0 Å². The van der Waals surface area contributed by atoms with Gasteiger partial charge in [-0.25, -0.2) is 0 Å². The standard InChI is InChI=1S/C10H7NO3/c12-10-2-1-6-3-8-9(14-5-13-8)4-7(6)11-10/h1-4H,5H2,(H,11,12). The average molecular weight is 189 g/mol. The van der Waals surface area contributed by atoms with Crippen molar-refractivity contribution >= 4 is 10.9 Å². The zero-order valence-corrected chi connectivity index (χ0v) is 7.24. The normalized spacial score (nSPS) is 13.4. The summed E-state index contributed by atoms with van der Waals surface area (Å²) < 4.78 is 10.4. The Bertz CT molecular complexity index is 559. The third-order valence-corrected chi connectivity index (χ3v) is 2.22. The number of hydrogen-bond acceptors (Lipinski definition) is 3. The molecule has 1 aliphatic rings. The van der Waals surface area contributed by atoms with Crippen LogP contribution in [0.25, 0.3) is 10.9 Å². The van der Waals surface area contributed by atoms with Crippen molar-refractivity contribution in [1.29, 1.82) is 0 Å². The van der Waals surface area contributed by atoms with Gasteiger partial charge in [0.25, 0.3) is 0 Å². The van der Waals surface area contributed by atoms with Gasteiger partial charge in [0.1, 0.15) is 0 Å². The Morgan fingerprint density at radius 2 is 1.93 bits per heavy atom. The number of hydrogen-bond donors (Lipinski definition) is 1. The molecule has 1 aromatic heterocycles. The van der Waals surface area contributed by atoms with Crippen LogP contribution < -0.4 is 15.0 Å². The number of nitrogens with one attached hydrogen (secondary N) is 1. The molecule has 0 aliphatic carbocycles. The van der Waals surface area contributed by atoms with Crippen LogP contribution in [0.15, 0.2) is 29.1 Å². The highest BCUT2D eigenvalue weighted by Gasteiger charge is 2.13. The fraction of sp³-hybridized carbons (Fsp3) is 0.100. The van der Waals surface area contributed by atoms with Crippen LogP contribution in [0.1, 0.15) is 0 Å². The molecule has 70 valence electrons. The lowest BCUT2D eigenvalue weighted by Crippen LogP contribution is -2.01. The molecular formula is C10H7NO3. The molecule has 4 nitrogen and oxygen atoms in total. The lowest BCUT2D eigenvalue weighted by atomic mass is 10.2. The average Bonchev–Trinajstić information content (AvgIpc) is 2.61. The minimum atomic E-state index is -0.114. The molecule has 0 amide bonds. The van der Waals surface area contributed by atoms with Gasteiger partial charge < -0.3 is 14.5 Å². The highest BCUT2D eigenvalue weighted by Crippen LogP contribution is 2.34. The summed E-state index contributed by atoms with van der Waals surface area (Å²) in [6.45, 7) is 0.246. The molecule has 3 rings (SSSR count). The van der Waals surface area contributed by atoms with Crippen LogP contribution in [0, 0.1) is 0 Å². The number of aromatic amines is 1. The zero-order chi connectivity index (χ0) is 9.54. The lowest BCUT2D eigenvalue weighted by Gasteiger charge is -1.99. The van der Waals surface area contributed by atoms with Crippen LogP contribution in [-0.4, -0.2) is 11.8 Å². The monoisotopic (exact) mass is 189 g/mol. The summed E-state index contributed by atoms with van der Waals surface area (Å²) in [4.78, 5) is 13.8. The van der Waals surface area contributed by atoms with E-state index in [1.807, 2.05) is 6.07 Å². The summed E-state index contributed by atoms with van der Waals surface area (Å²) in [5, 5.41) is 0.939. The fourth-order valence-corrected chi connectivity index (χ4v) is 1.54. The van der Waals surface area contributed by atoms with Crippen LogP contribution in [-0.2, 0) is 0 Å². The predicted octanol–water partition coefficient (Wildman–Crippen LogP) is 1.26. The van der Waals surface area contributed by atoms with E-state index in [2.05, 4.69) is 4.98 Å². The molecule has 0 unspecified atom stereocenters. The highest BCUT2D eigenvalue weighted by molar-refractivity contribution is 5.82. The smallest absolute Gasteiger partial charge is 0.248 e. The third kappa shape index (κ3) is 0.970. The van der Waals surface area contributed by atoms with E-state index in [0.717, 1.165) is 16.7 Å². The summed E-state index contributed by atoms with van der Waals surface area (Å²) in [5.74, 6) is 1.41. The molecule has 0 radical (unpaired) electrons. The maximum absolute atomic E-state index is 11.1. The number of fused-ring (bicyclic) bond motifs is 2. The van der Waals surface area contributed by atoms with E-state index in [4.69, 9.17) is 9.47 Å². The molecule has 0 saturated carbocycles. The van der Waals surface area contributed by atoms with Gasteiger partial charge in [0.05, 0.1) is 5.52 Å². The van der Waals surface area contributed by atoms with Gasteiger partial charge in [-0.2, -0.15) is 0 Å². The molecule has 0 fully saturated rings. The van der Waals surface area contributed by atoms with E-state index in [0.29, 0.717) is 5.75 Å². The molecule has 0 bridgehead atoms. The Balaban J connectivity index is 2.39. The quantitative estimate of drug-likeness (QED) is 0.678. The number of aromatic nitrogens is 1. The Kier molecular flexibility index (Phi) is 1.33. The molecule has 14 heavy (non-hydrogen) atoms. The number of rotatable bonds is 0. The summed E-state index contributed by atoms with van der Waals surface area (Å²) in [6.07, 6.45) is 0. The Hall–Kier alpha value is -1.97. The molecule has 2 aromatic rings. The van der Waals surface area contributed by atoms with E-state index in [1.54, 1.807) is 12.1 Å². The second kappa shape index (κ2) is 2.51. The molecule has 0 spiro atoms. The first-order valence-electron chi connectivity index (χ1n) is 4.26. The van der Waals surface area contributed by atoms with Gasteiger partial charge in [-0.15, -0.1) is 0 Å². The van der Waals surface area contributed by atoms with E-state index >= 15 is 0 Å². The van der Waals surface area contributed by atoms with Crippen LogP contribution in [0.2, 0.25) is 0 Å². The van der Waals surface area contributed by atoms with Gasteiger partial charge in [-0.3, -0.25) is 4.79 Å². The molecular weight excluding hydrogens is 182 g/mol. The SMILES string of the molecule is O=c1ccc2cc3c(cc2[nH]1)OCO3. The fourth-order valence-electron chi connectivity index (χ4n) is 1.54. The van der Waals surface area contributed by atoms with Crippen molar-refractivity contribution < 1.29 is 9.47 Å². The van der Waals surface area contributed by atoms with Crippen LogP contribution in [0.4, 0.5) is 0 Å². The van der Waals surface area contributed by atoms with Crippen molar-refractivity contribution in [3.8, 4) is 11.5 Å². The van der Waals surface area contributed by atoms with Crippen molar-refractivity contribution in [2.45, 2.75) is 0 Å². The summed E-state index contributed by atoms with van der Waals surface area (Å²) in [7, 11) is 0. The van der Waals surface area contributed by atoms with Gasteiger partial charge >= 0.3 is 0 Å². The van der Waals surface area contributed by atoms with Gasteiger partial charge in [-0.1, -0.05) is 0 Å². The second-order valence-electron chi connectivity index (χ2n) is 3.12. The molecule has 1 N–H and O–H groups in total. The summed E-state index contributed by atoms with van der Waals surface area (Å²) in [6, 6.07) is 6.88. The zero-order valence-electron chi connectivity index (χ0n) is 7.24. The minimum Gasteiger partial charge on any atom is -0.454 e. The predicted molar refractivity (Wildman–Crippen MR) is 50.7 cm³/mol. The lowest BCUT2D eigenvalue weighted by molar-refractivity contribution is 0.174. The number of ether oxygens (including phenoxy) is 2. The van der Waals surface area contributed by atoms with E-state index in [9.17, 15) is 4.79 Å². The second-order valence-corrected chi connectivity index (χ2v) is 3.12. The number of H-pyrrole nitrogens is 1. The van der Waals surface area contributed by atoms with Crippen LogP contribution in [0.5, 0.6) is 11.5 Å². The van der Waals surface area contributed by atoms with Crippen molar-refractivity contribution in [2.24, 2.45) is 0 Å². The first-order valence-corrected chi connectivity index (χ1v) is 4.26. The van der Waals surface area contributed by atoms with Crippen molar-refractivity contribution in [3.63, 3.8) is 0 Å². The molecule has 1 aliphatic heterocycles. The largest absolute Gasteiger partial charge is 0.454 e. The topological polar surface area (TPSA) is 51.3 Å². The Morgan fingerprint density at radius 1 is 1.14 bits per heavy atom.